The third kappa shape index (κ3) is 3.85. The van der Waals surface area contributed by atoms with Gasteiger partial charge in [0.2, 0.25) is 0 Å². The van der Waals surface area contributed by atoms with Crippen molar-refractivity contribution in [1.82, 2.24) is 5.43 Å². The molecule has 7 heteroatoms. The Hall–Kier alpha value is -2.29. The monoisotopic (exact) mass is 321 g/mol. The van der Waals surface area contributed by atoms with E-state index in [9.17, 15) is 4.79 Å². The Morgan fingerprint density at radius 3 is 2.95 bits per heavy atom. The molecule has 0 aliphatic heterocycles. The van der Waals surface area contributed by atoms with E-state index in [1.807, 2.05) is 0 Å². The highest BCUT2D eigenvalue weighted by molar-refractivity contribution is 6.43. The first-order valence-electron chi connectivity index (χ1n) is 5.85. The number of hydrogen-bond donors (Lipinski definition) is 1. The van der Waals surface area contributed by atoms with Crippen molar-refractivity contribution in [2.75, 3.05) is 0 Å². The summed E-state index contributed by atoms with van der Waals surface area (Å²) in [6.45, 7) is 0. The summed E-state index contributed by atoms with van der Waals surface area (Å²) in [5.74, 6) is 0.476. The zero-order valence-corrected chi connectivity index (χ0v) is 12.1. The van der Waals surface area contributed by atoms with Crippen LogP contribution in [0.3, 0.4) is 0 Å². The van der Waals surface area contributed by atoms with E-state index in [2.05, 4.69) is 10.5 Å². The van der Waals surface area contributed by atoms with Gasteiger partial charge in [-0.1, -0.05) is 29.3 Å². The quantitative estimate of drug-likeness (QED) is 0.690. The van der Waals surface area contributed by atoms with Gasteiger partial charge in [0, 0.05) is 5.56 Å². The summed E-state index contributed by atoms with van der Waals surface area (Å²) in [6, 6.07) is 10.3. The van der Waals surface area contributed by atoms with Gasteiger partial charge in [-0.25, -0.2) is 5.43 Å². The topological polar surface area (TPSA) is 78.4 Å². The number of nitriles is 1. The second kappa shape index (κ2) is 6.93. The average Bonchev–Trinajstić information content (AvgIpc) is 2.91. The van der Waals surface area contributed by atoms with E-state index in [1.54, 1.807) is 36.4 Å². The number of nitrogens with one attached hydrogen (secondary N) is 1. The fourth-order valence-electron chi connectivity index (χ4n) is 1.54. The molecule has 2 aromatic rings. The zero-order valence-electron chi connectivity index (χ0n) is 10.6. The maximum atomic E-state index is 11.0. The van der Waals surface area contributed by atoms with Crippen molar-refractivity contribution >= 4 is 35.3 Å². The van der Waals surface area contributed by atoms with E-state index in [0.717, 1.165) is 0 Å². The van der Waals surface area contributed by atoms with Crippen molar-refractivity contribution in [3.63, 3.8) is 0 Å². The highest BCUT2D eigenvalue weighted by Crippen LogP contribution is 2.33. The van der Waals surface area contributed by atoms with Gasteiger partial charge in [0.15, 0.2) is 0 Å². The number of carbonyl (C=O) groups is 1. The molecular formula is C14H9Cl2N3O2. The van der Waals surface area contributed by atoms with Gasteiger partial charge < -0.3 is 4.42 Å². The number of rotatable bonds is 4. The minimum absolute atomic E-state index is 0.251. The molecule has 106 valence electrons. The second-order valence-corrected chi connectivity index (χ2v) is 4.72. The third-order valence-electron chi connectivity index (χ3n) is 2.46. The van der Waals surface area contributed by atoms with E-state index in [0.29, 0.717) is 27.1 Å². The van der Waals surface area contributed by atoms with Crippen molar-refractivity contribution in [3.05, 3.63) is 46.1 Å². The SMILES string of the molecule is N#CCC(=O)NN=Cc1ccc(-c2cccc(Cl)c2Cl)o1. The maximum absolute atomic E-state index is 11.0. The summed E-state index contributed by atoms with van der Waals surface area (Å²) in [4.78, 5) is 11.0. The Balaban J connectivity index is 2.12. The first-order valence-corrected chi connectivity index (χ1v) is 6.60. The van der Waals surface area contributed by atoms with E-state index >= 15 is 0 Å². The van der Waals surface area contributed by atoms with Crippen LogP contribution in [-0.2, 0) is 4.79 Å². The van der Waals surface area contributed by atoms with Crippen LogP contribution in [0.25, 0.3) is 11.3 Å². The molecule has 5 nitrogen and oxygen atoms in total. The van der Waals surface area contributed by atoms with E-state index in [1.165, 1.54) is 6.21 Å². The van der Waals surface area contributed by atoms with Crippen molar-refractivity contribution < 1.29 is 9.21 Å². The standard InChI is InChI=1S/C14H9Cl2N3O2/c15-11-3-1-2-10(14(11)16)12-5-4-9(21-12)8-18-19-13(20)6-7-17/h1-5,8H,6H2,(H,19,20). The fraction of sp³-hybridized carbons (Fsp3) is 0.0714. The van der Waals surface area contributed by atoms with Gasteiger partial charge >= 0.3 is 0 Å². The fourth-order valence-corrected chi connectivity index (χ4v) is 1.93. The van der Waals surface area contributed by atoms with Gasteiger partial charge in [0.1, 0.15) is 17.9 Å². The summed E-state index contributed by atoms with van der Waals surface area (Å²) >= 11 is 12.0. The van der Waals surface area contributed by atoms with Crippen LogP contribution in [0.4, 0.5) is 0 Å². The van der Waals surface area contributed by atoms with Crippen LogP contribution in [-0.4, -0.2) is 12.1 Å². The highest BCUT2D eigenvalue weighted by Gasteiger charge is 2.10. The van der Waals surface area contributed by atoms with Crippen molar-refractivity contribution in [2.24, 2.45) is 5.10 Å². The molecular weight excluding hydrogens is 313 g/mol. The molecule has 0 saturated heterocycles. The number of benzene rings is 1. The van der Waals surface area contributed by atoms with Gasteiger partial charge in [-0.3, -0.25) is 4.79 Å². The van der Waals surface area contributed by atoms with Crippen molar-refractivity contribution in [1.29, 1.82) is 5.26 Å². The number of hydrazone groups is 1. The molecule has 1 aromatic heterocycles. The van der Waals surface area contributed by atoms with Gasteiger partial charge in [-0.2, -0.15) is 10.4 Å². The van der Waals surface area contributed by atoms with Crippen LogP contribution < -0.4 is 5.43 Å². The Bertz CT molecular complexity index is 732. The number of carbonyl (C=O) groups excluding carboxylic acids is 1. The molecule has 0 radical (unpaired) electrons. The number of amides is 1. The first kappa shape index (κ1) is 15.1. The molecule has 0 fully saturated rings. The summed E-state index contributed by atoms with van der Waals surface area (Å²) in [7, 11) is 0. The Morgan fingerprint density at radius 2 is 2.19 bits per heavy atom. The first-order chi connectivity index (χ1) is 10.1. The molecule has 1 aromatic carbocycles. The molecule has 0 unspecified atom stereocenters. The summed E-state index contributed by atoms with van der Waals surface area (Å²) in [5, 5.41) is 12.8. The molecule has 0 bridgehead atoms. The van der Waals surface area contributed by atoms with Crippen LogP contribution in [0.1, 0.15) is 12.2 Å². The Labute approximate surface area is 130 Å². The normalized spacial score (nSPS) is 10.5. The molecule has 0 aliphatic carbocycles. The molecule has 0 atom stereocenters. The largest absolute Gasteiger partial charge is 0.455 e. The highest BCUT2D eigenvalue weighted by atomic mass is 35.5. The zero-order chi connectivity index (χ0) is 15.2. The molecule has 1 amide bonds. The minimum atomic E-state index is -0.488. The van der Waals surface area contributed by atoms with Gasteiger partial charge in [-0.05, 0) is 24.3 Å². The molecule has 2 rings (SSSR count). The average molecular weight is 322 g/mol. The summed E-state index contributed by atoms with van der Waals surface area (Å²) in [5.41, 5.74) is 2.87. The Kier molecular flexibility index (Phi) is 4.99. The lowest BCUT2D eigenvalue weighted by Gasteiger charge is -2.01. The molecule has 21 heavy (non-hydrogen) atoms. The lowest BCUT2D eigenvalue weighted by molar-refractivity contribution is -0.120. The smallest absolute Gasteiger partial charge is 0.254 e. The second-order valence-electron chi connectivity index (χ2n) is 3.93. The van der Waals surface area contributed by atoms with E-state index < -0.39 is 5.91 Å². The minimum Gasteiger partial charge on any atom is -0.455 e. The molecule has 1 heterocycles. The Morgan fingerprint density at radius 1 is 1.38 bits per heavy atom. The predicted molar refractivity (Wildman–Crippen MR) is 80.1 cm³/mol. The molecule has 0 saturated carbocycles. The van der Waals surface area contributed by atoms with Gasteiger partial charge in [0.05, 0.1) is 22.3 Å². The van der Waals surface area contributed by atoms with Gasteiger partial charge in [0.25, 0.3) is 5.91 Å². The number of halogens is 2. The predicted octanol–water partition coefficient (Wildman–Crippen LogP) is 3.62. The lowest BCUT2D eigenvalue weighted by Crippen LogP contribution is -2.15. The molecule has 0 spiro atoms. The van der Waals surface area contributed by atoms with Gasteiger partial charge in [-0.15, -0.1) is 0 Å². The number of nitrogens with zero attached hydrogens (tertiary/aromatic N) is 2. The number of furan rings is 1. The lowest BCUT2D eigenvalue weighted by atomic mass is 10.2. The maximum Gasteiger partial charge on any atom is 0.254 e. The summed E-state index contributed by atoms with van der Waals surface area (Å²) < 4.78 is 5.54. The van der Waals surface area contributed by atoms with Crippen molar-refractivity contribution in [2.45, 2.75) is 6.42 Å². The number of hydrogen-bond acceptors (Lipinski definition) is 4. The van der Waals surface area contributed by atoms with E-state index in [-0.39, 0.29) is 6.42 Å². The molecule has 0 aliphatic rings. The van der Waals surface area contributed by atoms with Crippen LogP contribution in [0.2, 0.25) is 10.0 Å². The van der Waals surface area contributed by atoms with Crippen LogP contribution in [0.5, 0.6) is 0 Å². The third-order valence-corrected chi connectivity index (χ3v) is 3.28. The van der Waals surface area contributed by atoms with E-state index in [4.69, 9.17) is 32.9 Å². The molecule has 1 N–H and O–H groups in total. The van der Waals surface area contributed by atoms with Crippen molar-refractivity contribution in [3.8, 4) is 17.4 Å². The van der Waals surface area contributed by atoms with Crippen LogP contribution >= 0.6 is 23.2 Å². The van der Waals surface area contributed by atoms with Crippen LogP contribution in [0.15, 0.2) is 39.9 Å². The van der Waals surface area contributed by atoms with Crippen LogP contribution in [0, 0.1) is 11.3 Å². The summed E-state index contributed by atoms with van der Waals surface area (Å²) in [6.07, 6.45) is 1.08.